The van der Waals surface area contributed by atoms with E-state index >= 15 is 0 Å². The molecule has 0 saturated heterocycles. The first-order valence-corrected chi connectivity index (χ1v) is 5.33. The molecule has 0 aromatic carbocycles. The van der Waals surface area contributed by atoms with Crippen LogP contribution in [-0.4, -0.2) is 14.8 Å². The number of hydrogen-bond acceptors (Lipinski definition) is 3. The zero-order valence-electron chi connectivity index (χ0n) is 9.32. The molecule has 1 unspecified atom stereocenters. The number of nitrogens with two attached hydrogens (primary N) is 1. The van der Waals surface area contributed by atoms with Crippen LogP contribution in [0.25, 0.3) is 0 Å². The van der Waals surface area contributed by atoms with E-state index in [4.69, 9.17) is 5.73 Å². The fourth-order valence-corrected chi connectivity index (χ4v) is 1.50. The molecular formula is C10H20N4. The van der Waals surface area contributed by atoms with E-state index < -0.39 is 0 Å². The Morgan fingerprint density at radius 2 is 1.93 bits per heavy atom. The molecule has 1 atom stereocenters. The lowest BCUT2D eigenvalue weighted by Gasteiger charge is -2.09. The van der Waals surface area contributed by atoms with Crippen LogP contribution in [0.15, 0.2) is 0 Å². The molecule has 1 aromatic heterocycles. The van der Waals surface area contributed by atoms with Gasteiger partial charge >= 0.3 is 0 Å². The molecule has 4 heteroatoms. The van der Waals surface area contributed by atoms with Crippen molar-refractivity contribution in [2.24, 2.45) is 11.7 Å². The first-order valence-electron chi connectivity index (χ1n) is 5.33. The lowest BCUT2D eigenvalue weighted by Crippen LogP contribution is -2.11. The fourth-order valence-electron chi connectivity index (χ4n) is 1.50. The summed E-state index contributed by atoms with van der Waals surface area (Å²) in [5, 5.41) is 8.26. The summed E-state index contributed by atoms with van der Waals surface area (Å²) in [4.78, 5) is 0. The zero-order valence-corrected chi connectivity index (χ0v) is 9.32. The summed E-state index contributed by atoms with van der Waals surface area (Å²) in [6.07, 6.45) is 2.17. The number of nitrogens with zero attached hydrogens (tertiary/aromatic N) is 3. The van der Waals surface area contributed by atoms with E-state index in [9.17, 15) is 0 Å². The molecule has 1 aromatic rings. The minimum absolute atomic E-state index is 0.474. The average Bonchev–Trinajstić information content (AvgIpc) is 2.59. The summed E-state index contributed by atoms with van der Waals surface area (Å²) in [6.45, 7) is 7.91. The molecular weight excluding hydrogens is 176 g/mol. The predicted molar refractivity (Wildman–Crippen MR) is 56.7 cm³/mol. The van der Waals surface area contributed by atoms with Crippen molar-refractivity contribution in [3.63, 3.8) is 0 Å². The van der Waals surface area contributed by atoms with Gasteiger partial charge in [-0.2, -0.15) is 0 Å². The van der Waals surface area contributed by atoms with E-state index in [1.165, 1.54) is 6.42 Å². The Morgan fingerprint density at radius 1 is 1.29 bits per heavy atom. The van der Waals surface area contributed by atoms with Gasteiger partial charge in [0.05, 0.1) is 6.54 Å². The van der Waals surface area contributed by atoms with E-state index in [-0.39, 0.29) is 0 Å². The van der Waals surface area contributed by atoms with Crippen LogP contribution in [0.3, 0.4) is 0 Å². The SMILES string of the molecule is CCC(C)Cc1nnc(CN)n1CC. The van der Waals surface area contributed by atoms with Crippen molar-refractivity contribution in [1.82, 2.24) is 14.8 Å². The number of aromatic nitrogens is 3. The van der Waals surface area contributed by atoms with Crippen molar-refractivity contribution in [2.45, 2.75) is 46.7 Å². The Bertz CT molecular complexity index is 280. The van der Waals surface area contributed by atoms with Crippen LogP contribution in [0.1, 0.15) is 38.8 Å². The van der Waals surface area contributed by atoms with Gasteiger partial charge in [0.15, 0.2) is 0 Å². The summed E-state index contributed by atoms with van der Waals surface area (Å²) in [6, 6.07) is 0. The van der Waals surface area contributed by atoms with Crippen molar-refractivity contribution in [3.8, 4) is 0 Å². The standard InChI is InChI=1S/C10H20N4/c1-4-8(3)6-9-12-13-10(7-11)14(9)5-2/h8H,4-7,11H2,1-3H3. The summed E-state index contributed by atoms with van der Waals surface area (Å²) in [5.74, 6) is 2.63. The minimum atomic E-state index is 0.474. The van der Waals surface area contributed by atoms with Crippen LogP contribution in [0.5, 0.6) is 0 Å². The van der Waals surface area contributed by atoms with Crippen molar-refractivity contribution in [1.29, 1.82) is 0 Å². The monoisotopic (exact) mass is 196 g/mol. The second kappa shape index (κ2) is 5.10. The Balaban J connectivity index is 2.80. The second-order valence-electron chi connectivity index (χ2n) is 3.70. The first-order chi connectivity index (χ1) is 6.72. The van der Waals surface area contributed by atoms with Gasteiger partial charge in [-0.1, -0.05) is 20.3 Å². The third kappa shape index (κ3) is 2.32. The van der Waals surface area contributed by atoms with Gasteiger partial charge in [0.1, 0.15) is 11.6 Å². The van der Waals surface area contributed by atoms with Crippen LogP contribution in [0.2, 0.25) is 0 Å². The highest BCUT2D eigenvalue weighted by Crippen LogP contribution is 2.10. The molecule has 0 aliphatic rings. The molecule has 0 bridgehead atoms. The van der Waals surface area contributed by atoms with E-state index in [0.717, 1.165) is 24.6 Å². The summed E-state index contributed by atoms with van der Waals surface area (Å²) in [5.41, 5.74) is 5.58. The van der Waals surface area contributed by atoms with Crippen LogP contribution in [0, 0.1) is 5.92 Å². The zero-order chi connectivity index (χ0) is 10.6. The van der Waals surface area contributed by atoms with Gasteiger partial charge < -0.3 is 10.3 Å². The highest BCUT2D eigenvalue weighted by molar-refractivity contribution is 4.96. The Morgan fingerprint density at radius 3 is 2.43 bits per heavy atom. The highest BCUT2D eigenvalue weighted by Gasteiger charge is 2.11. The van der Waals surface area contributed by atoms with Crippen LogP contribution in [0.4, 0.5) is 0 Å². The Kier molecular flexibility index (Phi) is 4.07. The fraction of sp³-hybridized carbons (Fsp3) is 0.800. The van der Waals surface area contributed by atoms with Crippen molar-refractivity contribution < 1.29 is 0 Å². The van der Waals surface area contributed by atoms with Crippen LogP contribution in [-0.2, 0) is 19.5 Å². The smallest absolute Gasteiger partial charge is 0.146 e. The molecule has 4 nitrogen and oxygen atoms in total. The molecule has 0 radical (unpaired) electrons. The first kappa shape index (κ1) is 11.2. The number of rotatable bonds is 5. The Labute approximate surface area is 85.5 Å². The van der Waals surface area contributed by atoms with Gasteiger partial charge in [-0.25, -0.2) is 0 Å². The van der Waals surface area contributed by atoms with Crippen LogP contribution < -0.4 is 5.73 Å². The number of hydrogen-bond donors (Lipinski definition) is 1. The largest absolute Gasteiger partial charge is 0.324 e. The summed E-state index contributed by atoms with van der Waals surface area (Å²) >= 11 is 0. The van der Waals surface area contributed by atoms with Crippen molar-refractivity contribution >= 4 is 0 Å². The third-order valence-electron chi connectivity index (χ3n) is 2.63. The maximum Gasteiger partial charge on any atom is 0.146 e. The maximum atomic E-state index is 5.58. The molecule has 1 rings (SSSR count). The average molecular weight is 196 g/mol. The van der Waals surface area contributed by atoms with E-state index in [0.29, 0.717) is 12.5 Å². The van der Waals surface area contributed by atoms with Crippen molar-refractivity contribution in [2.75, 3.05) is 0 Å². The lowest BCUT2D eigenvalue weighted by molar-refractivity contribution is 0.520. The summed E-state index contributed by atoms with van der Waals surface area (Å²) < 4.78 is 2.12. The molecule has 1 heterocycles. The van der Waals surface area contributed by atoms with Gasteiger partial charge in [-0.05, 0) is 12.8 Å². The van der Waals surface area contributed by atoms with Gasteiger partial charge in [-0.15, -0.1) is 10.2 Å². The lowest BCUT2D eigenvalue weighted by atomic mass is 10.1. The molecule has 80 valence electrons. The second-order valence-corrected chi connectivity index (χ2v) is 3.70. The summed E-state index contributed by atoms with van der Waals surface area (Å²) in [7, 11) is 0. The molecule has 0 aliphatic heterocycles. The molecule has 0 saturated carbocycles. The van der Waals surface area contributed by atoms with Gasteiger partial charge in [0, 0.05) is 13.0 Å². The normalized spacial score (nSPS) is 13.1. The van der Waals surface area contributed by atoms with E-state index in [1.54, 1.807) is 0 Å². The predicted octanol–water partition coefficient (Wildman–Crippen LogP) is 1.35. The third-order valence-corrected chi connectivity index (χ3v) is 2.63. The molecule has 0 aliphatic carbocycles. The highest BCUT2D eigenvalue weighted by atomic mass is 15.3. The maximum absolute atomic E-state index is 5.58. The topological polar surface area (TPSA) is 56.7 Å². The molecule has 0 amide bonds. The molecule has 2 N–H and O–H groups in total. The Hall–Kier alpha value is -0.900. The molecule has 0 spiro atoms. The van der Waals surface area contributed by atoms with Crippen molar-refractivity contribution in [3.05, 3.63) is 11.6 Å². The van der Waals surface area contributed by atoms with E-state index in [2.05, 4.69) is 35.5 Å². The van der Waals surface area contributed by atoms with Gasteiger partial charge in [0.2, 0.25) is 0 Å². The van der Waals surface area contributed by atoms with E-state index in [1.807, 2.05) is 0 Å². The van der Waals surface area contributed by atoms with Gasteiger partial charge in [0.25, 0.3) is 0 Å². The molecule has 14 heavy (non-hydrogen) atoms. The molecule has 0 fully saturated rings. The van der Waals surface area contributed by atoms with Gasteiger partial charge in [-0.3, -0.25) is 0 Å². The quantitative estimate of drug-likeness (QED) is 0.773. The van der Waals surface area contributed by atoms with Crippen LogP contribution >= 0.6 is 0 Å². The minimum Gasteiger partial charge on any atom is -0.324 e.